The number of hydrogen-bond acceptors (Lipinski definition) is 6. The van der Waals surface area contributed by atoms with E-state index in [1.807, 2.05) is 0 Å². The zero-order chi connectivity index (χ0) is 22.2. The lowest BCUT2D eigenvalue weighted by Gasteiger charge is -2.17. The SMILES string of the molecule is O=S(=O)(c1cccc(F)c1)N1CCC(Oc2ccc(-c3noc(C(F)(F)F)n3)cc2)C1. The lowest BCUT2D eigenvalue weighted by Crippen LogP contribution is -2.31. The van der Waals surface area contributed by atoms with Crippen LogP contribution in [-0.2, 0) is 16.2 Å². The molecule has 0 aliphatic carbocycles. The first-order valence-electron chi connectivity index (χ1n) is 9.06. The molecule has 0 N–H and O–H groups in total. The average Bonchev–Trinajstić information content (AvgIpc) is 3.38. The largest absolute Gasteiger partial charge is 0.489 e. The Morgan fingerprint density at radius 1 is 1.13 bits per heavy atom. The van der Waals surface area contributed by atoms with Gasteiger partial charge in [-0.3, -0.25) is 0 Å². The molecular weight excluding hydrogens is 442 g/mol. The molecule has 1 aliphatic rings. The molecule has 2 heterocycles. The molecule has 1 aliphatic heterocycles. The van der Waals surface area contributed by atoms with Gasteiger partial charge >= 0.3 is 12.1 Å². The fraction of sp³-hybridized carbons (Fsp3) is 0.263. The summed E-state index contributed by atoms with van der Waals surface area (Å²) in [6.07, 6.45) is -4.74. The Morgan fingerprint density at radius 2 is 1.87 bits per heavy atom. The van der Waals surface area contributed by atoms with E-state index in [-0.39, 0.29) is 23.8 Å². The first-order valence-corrected chi connectivity index (χ1v) is 10.5. The number of hydrogen-bond donors (Lipinski definition) is 0. The maximum atomic E-state index is 13.4. The van der Waals surface area contributed by atoms with Crippen LogP contribution in [0.3, 0.4) is 0 Å². The molecule has 1 aromatic heterocycles. The minimum Gasteiger partial charge on any atom is -0.489 e. The lowest BCUT2D eigenvalue weighted by molar-refractivity contribution is -0.159. The third kappa shape index (κ3) is 4.54. The highest BCUT2D eigenvalue weighted by Crippen LogP contribution is 2.30. The standard InChI is InChI=1S/C19H15F4N3O4S/c20-13-2-1-3-16(10-13)31(27,28)26-9-8-15(11-26)29-14-6-4-12(5-7-14)17-24-18(30-25-17)19(21,22)23/h1-7,10,15H,8-9,11H2. The molecular formula is C19H15F4N3O4S. The number of ether oxygens (including phenoxy) is 1. The highest BCUT2D eigenvalue weighted by molar-refractivity contribution is 7.89. The third-order valence-corrected chi connectivity index (χ3v) is 6.49. The van der Waals surface area contributed by atoms with Gasteiger partial charge in [0.1, 0.15) is 17.7 Å². The molecule has 0 saturated carbocycles. The van der Waals surface area contributed by atoms with Crippen molar-refractivity contribution < 1.29 is 35.2 Å². The maximum absolute atomic E-state index is 13.4. The molecule has 1 unspecified atom stereocenters. The van der Waals surface area contributed by atoms with Crippen LogP contribution in [0.1, 0.15) is 12.3 Å². The average molecular weight is 457 g/mol. The summed E-state index contributed by atoms with van der Waals surface area (Å²) < 4.78 is 87.6. The molecule has 0 radical (unpaired) electrons. The predicted molar refractivity (Wildman–Crippen MR) is 98.9 cm³/mol. The first kappa shape index (κ1) is 21.2. The summed E-state index contributed by atoms with van der Waals surface area (Å²) in [5.74, 6) is -1.89. The van der Waals surface area contributed by atoms with Crippen molar-refractivity contribution in [3.05, 3.63) is 60.2 Å². The van der Waals surface area contributed by atoms with Crippen LogP contribution in [0.5, 0.6) is 5.75 Å². The van der Waals surface area contributed by atoms with Crippen molar-refractivity contribution in [1.29, 1.82) is 0 Å². The van der Waals surface area contributed by atoms with E-state index >= 15 is 0 Å². The van der Waals surface area contributed by atoms with Gasteiger partial charge in [0.15, 0.2) is 0 Å². The number of aromatic nitrogens is 2. The van der Waals surface area contributed by atoms with E-state index in [0.29, 0.717) is 17.7 Å². The number of alkyl halides is 3. The summed E-state index contributed by atoms with van der Waals surface area (Å²) in [5, 5.41) is 3.31. The lowest BCUT2D eigenvalue weighted by atomic mass is 10.2. The Hall–Kier alpha value is -2.99. The number of sulfonamides is 1. The minimum absolute atomic E-state index is 0.0837. The van der Waals surface area contributed by atoms with Gasteiger partial charge in [-0.05, 0) is 48.9 Å². The molecule has 1 fully saturated rings. The number of rotatable bonds is 5. The van der Waals surface area contributed by atoms with Crippen LogP contribution in [0, 0.1) is 5.82 Å². The molecule has 31 heavy (non-hydrogen) atoms. The van der Waals surface area contributed by atoms with Crippen molar-refractivity contribution in [2.75, 3.05) is 13.1 Å². The number of nitrogens with zero attached hydrogens (tertiary/aromatic N) is 3. The Morgan fingerprint density at radius 3 is 2.52 bits per heavy atom. The van der Waals surface area contributed by atoms with Crippen LogP contribution in [0.15, 0.2) is 57.9 Å². The molecule has 0 bridgehead atoms. The molecule has 1 saturated heterocycles. The second-order valence-corrected chi connectivity index (χ2v) is 8.73. The predicted octanol–water partition coefficient (Wildman–Crippen LogP) is 3.74. The molecule has 4 rings (SSSR count). The maximum Gasteiger partial charge on any atom is 0.471 e. The summed E-state index contributed by atoms with van der Waals surface area (Å²) in [5.41, 5.74) is 0.299. The van der Waals surface area contributed by atoms with Gasteiger partial charge in [0.25, 0.3) is 0 Å². The number of benzene rings is 2. The van der Waals surface area contributed by atoms with Gasteiger partial charge in [-0.15, -0.1) is 0 Å². The van der Waals surface area contributed by atoms with E-state index in [1.54, 1.807) is 0 Å². The summed E-state index contributed by atoms with van der Waals surface area (Å²) in [7, 11) is -3.84. The van der Waals surface area contributed by atoms with Crippen molar-refractivity contribution in [1.82, 2.24) is 14.4 Å². The van der Waals surface area contributed by atoms with E-state index in [1.165, 1.54) is 40.7 Å². The quantitative estimate of drug-likeness (QED) is 0.543. The van der Waals surface area contributed by atoms with E-state index in [0.717, 1.165) is 12.1 Å². The summed E-state index contributed by atoms with van der Waals surface area (Å²) in [4.78, 5) is 3.18. The topological polar surface area (TPSA) is 85.5 Å². The fourth-order valence-corrected chi connectivity index (χ4v) is 4.64. The van der Waals surface area contributed by atoms with E-state index in [4.69, 9.17) is 4.74 Å². The first-order chi connectivity index (χ1) is 14.6. The van der Waals surface area contributed by atoms with Gasteiger partial charge in [-0.2, -0.15) is 22.5 Å². The molecule has 7 nitrogen and oxygen atoms in total. The Bertz CT molecular complexity index is 1180. The van der Waals surface area contributed by atoms with E-state index in [9.17, 15) is 26.0 Å². The van der Waals surface area contributed by atoms with Crippen molar-refractivity contribution in [3.63, 3.8) is 0 Å². The number of halogens is 4. The van der Waals surface area contributed by atoms with Gasteiger partial charge in [0.2, 0.25) is 15.8 Å². The minimum atomic E-state index is -4.73. The van der Waals surface area contributed by atoms with Crippen LogP contribution in [0.4, 0.5) is 17.6 Å². The van der Waals surface area contributed by atoms with Gasteiger partial charge in [-0.1, -0.05) is 11.2 Å². The van der Waals surface area contributed by atoms with Crippen LogP contribution in [-0.4, -0.2) is 42.1 Å². The van der Waals surface area contributed by atoms with Crippen molar-refractivity contribution in [2.24, 2.45) is 0 Å². The molecule has 2 aromatic carbocycles. The second-order valence-electron chi connectivity index (χ2n) is 6.79. The normalized spacial score (nSPS) is 17.7. The Balaban J connectivity index is 1.41. The molecule has 12 heteroatoms. The smallest absolute Gasteiger partial charge is 0.471 e. The molecule has 0 spiro atoms. The Kier molecular flexibility index (Phi) is 5.43. The van der Waals surface area contributed by atoms with Crippen molar-refractivity contribution in [2.45, 2.75) is 23.6 Å². The summed E-state index contributed by atoms with van der Waals surface area (Å²) in [6.45, 7) is 0.297. The highest BCUT2D eigenvalue weighted by Gasteiger charge is 2.38. The Labute approximate surface area is 174 Å². The monoisotopic (exact) mass is 457 g/mol. The van der Waals surface area contributed by atoms with Gasteiger partial charge in [-0.25, -0.2) is 12.8 Å². The van der Waals surface area contributed by atoms with E-state index in [2.05, 4.69) is 14.7 Å². The van der Waals surface area contributed by atoms with Gasteiger partial charge < -0.3 is 9.26 Å². The van der Waals surface area contributed by atoms with Gasteiger partial charge in [0, 0.05) is 12.1 Å². The summed E-state index contributed by atoms with van der Waals surface area (Å²) in [6, 6.07) is 10.8. The molecule has 164 valence electrons. The van der Waals surface area contributed by atoms with Crippen LogP contribution < -0.4 is 4.74 Å². The van der Waals surface area contributed by atoms with Crippen molar-refractivity contribution >= 4 is 10.0 Å². The van der Waals surface area contributed by atoms with Crippen molar-refractivity contribution in [3.8, 4) is 17.1 Å². The van der Waals surface area contributed by atoms with Crippen LogP contribution in [0.2, 0.25) is 0 Å². The summed E-state index contributed by atoms with van der Waals surface area (Å²) >= 11 is 0. The zero-order valence-corrected chi connectivity index (χ0v) is 16.5. The fourth-order valence-electron chi connectivity index (χ4n) is 3.12. The third-order valence-electron chi connectivity index (χ3n) is 4.63. The van der Waals surface area contributed by atoms with Crippen LogP contribution in [0.25, 0.3) is 11.4 Å². The molecule has 1 atom stereocenters. The zero-order valence-electron chi connectivity index (χ0n) is 15.7. The van der Waals surface area contributed by atoms with E-state index < -0.39 is 34.0 Å². The molecule has 0 amide bonds. The molecule has 3 aromatic rings. The highest BCUT2D eigenvalue weighted by atomic mass is 32.2. The van der Waals surface area contributed by atoms with Crippen LogP contribution >= 0.6 is 0 Å². The van der Waals surface area contributed by atoms with Gasteiger partial charge in [0.05, 0.1) is 11.4 Å². The second kappa shape index (κ2) is 7.93.